The van der Waals surface area contributed by atoms with Gasteiger partial charge in [0.2, 0.25) is 11.8 Å². The van der Waals surface area contributed by atoms with Crippen molar-refractivity contribution in [1.82, 2.24) is 10.2 Å². The molecule has 0 saturated carbocycles. The van der Waals surface area contributed by atoms with E-state index in [1.807, 2.05) is 26.0 Å². The van der Waals surface area contributed by atoms with Crippen LogP contribution in [0.4, 0.5) is 0 Å². The van der Waals surface area contributed by atoms with Gasteiger partial charge in [-0.05, 0) is 42.3 Å². The number of carbonyl (C=O) groups is 2. The Bertz CT molecular complexity index is 838. The Morgan fingerprint density at radius 1 is 0.964 bits per heavy atom. The Labute approximate surface area is 180 Å². The van der Waals surface area contributed by atoms with Crippen LogP contribution in [0.1, 0.15) is 31.9 Å². The van der Waals surface area contributed by atoms with Crippen LogP contribution in [0.15, 0.2) is 42.5 Å². The zero-order chi connectivity index (χ0) is 20.8. The first-order chi connectivity index (χ1) is 13.2. The number of nitrogens with zero attached hydrogens (tertiary/aromatic N) is 1. The van der Waals surface area contributed by atoms with E-state index in [0.717, 1.165) is 11.1 Å². The third kappa shape index (κ3) is 6.13. The summed E-state index contributed by atoms with van der Waals surface area (Å²) in [6.07, 6.45) is 0. The maximum atomic E-state index is 12.7. The SMILES string of the molecule is CC(C)C(=O)N(Cc1ccc(Cl)cc1)C(C)C(=O)NCc1ccc(Cl)cc1Cl. The molecule has 28 heavy (non-hydrogen) atoms. The largest absolute Gasteiger partial charge is 0.350 e. The predicted octanol–water partition coefficient (Wildman–Crippen LogP) is 5.34. The minimum absolute atomic E-state index is 0.0953. The number of amides is 2. The molecule has 4 nitrogen and oxygen atoms in total. The fourth-order valence-corrected chi connectivity index (χ4v) is 3.26. The minimum Gasteiger partial charge on any atom is -0.350 e. The maximum absolute atomic E-state index is 12.7. The summed E-state index contributed by atoms with van der Waals surface area (Å²) < 4.78 is 0. The molecule has 7 heteroatoms. The number of hydrogen-bond acceptors (Lipinski definition) is 2. The van der Waals surface area contributed by atoms with Gasteiger partial charge >= 0.3 is 0 Å². The molecule has 0 radical (unpaired) electrons. The summed E-state index contributed by atoms with van der Waals surface area (Å²) in [4.78, 5) is 27.0. The summed E-state index contributed by atoms with van der Waals surface area (Å²) in [5.41, 5.74) is 1.66. The van der Waals surface area contributed by atoms with Crippen LogP contribution in [0.5, 0.6) is 0 Å². The second-order valence-corrected chi connectivity index (χ2v) is 8.16. The number of rotatable bonds is 7. The predicted molar refractivity (Wildman–Crippen MR) is 115 cm³/mol. The first kappa shape index (κ1) is 22.5. The van der Waals surface area contributed by atoms with E-state index in [1.165, 1.54) is 0 Å². The Balaban J connectivity index is 2.11. The summed E-state index contributed by atoms with van der Waals surface area (Å²) in [5, 5.41) is 4.48. The molecule has 0 bridgehead atoms. The van der Waals surface area contributed by atoms with Crippen molar-refractivity contribution in [2.75, 3.05) is 0 Å². The highest BCUT2D eigenvalue weighted by Crippen LogP contribution is 2.21. The molecule has 0 fully saturated rings. The van der Waals surface area contributed by atoms with Crippen LogP contribution < -0.4 is 5.32 Å². The van der Waals surface area contributed by atoms with Gasteiger partial charge in [-0.1, -0.05) is 66.8 Å². The van der Waals surface area contributed by atoms with Crippen molar-refractivity contribution in [1.29, 1.82) is 0 Å². The molecule has 0 saturated heterocycles. The van der Waals surface area contributed by atoms with Crippen molar-refractivity contribution in [3.8, 4) is 0 Å². The van der Waals surface area contributed by atoms with Crippen molar-refractivity contribution in [2.45, 2.75) is 39.9 Å². The molecule has 0 aliphatic heterocycles. The molecule has 1 N–H and O–H groups in total. The lowest BCUT2D eigenvalue weighted by Crippen LogP contribution is -2.48. The number of nitrogens with one attached hydrogen (secondary N) is 1. The maximum Gasteiger partial charge on any atom is 0.242 e. The fraction of sp³-hybridized carbons (Fsp3) is 0.333. The van der Waals surface area contributed by atoms with Crippen LogP contribution in [-0.4, -0.2) is 22.8 Å². The van der Waals surface area contributed by atoms with E-state index >= 15 is 0 Å². The van der Waals surface area contributed by atoms with Gasteiger partial charge in [-0.3, -0.25) is 9.59 Å². The molecule has 1 atom stereocenters. The monoisotopic (exact) mass is 440 g/mol. The van der Waals surface area contributed by atoms with E-state index in [2.05, 4.69) is 5.32 Å². The van der Waals surface area contributed by atoms with Gasteiger partial charge in [-0.25, -0.2) is 0 Å². The molecular formula is C21H23Cl3N2O2. The topological polar surface area (TPSA) is 49.4 Å². The number of hydrogen-bond donors (Lipinski definition) is 1. The quantitative estimate of drug-likeness (QED) is 0.631. The van der Waals surface area contributed by atoms with E-state index in [0.29, 0.717) is 21.6 Å². The van der Waals surface area contributed by atoms with E-state index in [9.17, 15) is 9.59 Å². The Morgan fingerprint density at radius 2 is 1.57 bits per heavy atom. The van der Waals surface area contributed by atoms with Gasteiger partial charge in [-0.15, -0.1) is 0 Å². The van der Waals surface area contributed by atoms with Gasteiger partial charge in [0, 0.05) is 34.1 Å². The number of halogens is 3. The van der Waals surface area contributed by atoms with Crippen LogP contribution in [0, 0.1) is 5.92 Å². The summed E-state index contributed by atoms with van der Waals surface area (Å²) in [7, 11) is 0. The van der Waals surface area contributed by atoms with Crippen molar-refractivity contribution < 1.29 is 9.59 Å². The molecule has 2 rings (SSSR count). The van der Waals surface area contributed by atoms with E-state index in [-0.39, 0.29) is 24.3 Å². The summed E-state index contributed by atoms with van der Waals surface area (Å²) in [5.74, 6) is -0.579. The smallest absolute Gasteiger partial charge is 0.242 e. The van der Waals surface area contributed by atoms with Gasteiger partial charge in [0.05, 0.1) is 0 Å². The van der Waals surface area contributed by atoms with E-state index in [1.54, 1.807) is 42.2 Å². The van der Waals surface area contributed by atoms with Crippen LogP contribution in [0.2, 0.25) is 15.1 Å². The summed E-state index contributed by atoms with van der Waals surface area (Å²) in [6, 6.07) is 11.7. The molecule has 2 amide bonds. The standard InChI is InChI=1S/C21H23Cl3N2O2/c1-13(2)21(28)26(12-15-4-7-17(22)8-5-15)14(3)20(27)25-11-16-6-9-18(23)10-19(16)24/h4-10,13-14H,11-12H2,1-3H3,(H,25,27). The average molecular weight is 442 g/mol. The summed E-state index contributed by atoms with van der Waals surface area (Å²) in [6.45, 7) is 5.92. The summed E-state index contributed by atoms with van der Waals surface area (Å²) >= 11 is 18.0. The molecule has 2 aromatic rings. The Hall–Kier alpha value is -1.75. The molecule has 150 valence electrons. The second-order valence-electron chi connectivity index (χ2n) is 6.88. The third-order valence-electron chi connectivity index (χ3n) is 4.36. The van der Waals surface area contributed by atoms with Crippen LogP contribution in [0.3, 0.4) is 0 Å². The van der Waals surface area contributed by atoms with Gasteiger partial charge in [-0.2, -0.15) is 0 Å². The number of benzene rings is 2. The fourth-order valence-electron chi connectivity index (χ4n) is 2.66. The Morgan fingerprint density at radius 3 is 2.14 bits per heavy atom. The molecule has 1 unspecified atom stereocenters. The van der Waals surface area contributed by atoms with Gasteiger partial charge in [0.25, 0.3) is 0 Å². The van der Waals surface area contributed by atoms with Crippen molar-refractivity contribution >= 4 is 46.6 Å². The highest BCUT2D eigenvalue weighted by atomic mass is 35.5. The van der Waals surface area contributed by atoms with Crippen LogP contribution in [-0.2, 0) is 22.7 Å². The van der Waals surface area contributed by atoms with Crippen molar-refractivity contribution in [3.63, 3.8) is 0 Å². The normalized spacial score (nSPS) is 12.0. The van der Waals surface area contributed by atoms with E-state index < -0.39 is 6.04 Å². The Kier molecular flexibility index (Phi) is 8.17. The third-order valence-corrected chi connectivity index (χ3v) is 5.20. The highest BCUT2D eigenvalue weighted by Gasteiger charge is 2.27. The van der Waals surface area contributed by atoms with E-state index in [4.69, 9.17) is 34.8 Å². The lowest BCUT2D eigenvalue weighted by molar-refractivity contribution is -0.143. The van der Waals surface area contributed by atoms with Crippen molar-refractivity contribution in [3.05, 3.63) is 68.7 Å². The zero-order valence-electron chi connectivity index (χ0n) is 16.0. The van der Waals surface area contributed by atoms with Gasteiger partial charge in [0.15, 0.2) is 0 Å². The molecular weight excluding hydrogens is 419 g/mol. The molecule has 0 heterocycles. The molecule has 0 aromatic heterocycles. The molecule has 2 aromatic carbocycles. The van der Waals surface area contributed by atoms with Crippen molar-refractivity contribution in [2.24, 2.45) is 5.92 Å². The molecule has 0 aliphatic carbocycles. The first-order valence-corrected chi connectivity index (χ1v) is 10.1. The van der Waals surface area contributed by atoms with Gasteiger partial charge in [0.1, 0.15) is 6.04 Å². The first-order valence-electron chi connectivity index (χ1n) is 8.95. The molecule has 0 aliphatic rings. The molecule has 0 spiro atoms. The zero-order valence-corrected chi connectivity index (χ0v) is 18.3. The lowest BCUT2D eigenvalue weighted by Gasteiger charge is -2.30. The minimum atomic E-state index is -0.642. The lowest BCUT2D eigenvalue weighted by atomic mass is 10.1. The second kappa shape index (κ2) is 10.1. The average Bonchev–Trinajstić information content (AvgIpc) is 2.65. The van der Waals surface area contributed by atoms with Crippen LogP contribution >= 0.6 is 34.8 Å². The van der Waals surface area contributed by atoms with Gasteiger partial charge < -0.3 is 10.2 Å². The highest BCUT2D eigenvalue weighted by molar-refractivity contribution is 6.35. The van der Waals surface area contributed by atoms with Crippen LogP contribution in [0.25, 0.3) is 0 Å². The number of carbonyl (C=O) groups excluding carboxylic acids is 2.